The Hall–Kier alpha value is -2.56. The molecule has 0 aliphatic heterocycles. The van der Waals surface area contributed by atoms with E-state index in [0.29, 0.717) is 17.7 Å². The maximum absolute atomic E-state index is 11.6. The highest BCUT2D eigenvalue weighted by Gasteiger charge is 2.12. The predicted octanol–water partition coefficient (Wildman–Crippen LogP) is 2.96. The summed E-state index contributed by atoms with van der Waals surface area (Å²) in [6.07, 6.45) is 1.90. The maximum atomic E-state index is 11.6. The SMILES string of the molecule is CC/C(=N/OC(=O)c1ccco1)c1ccccc1O. The molecule has 19 heavy (non-hydrogen) atoms. The molecule has 2 rings (SSSR count). The number of para-hydroxylation sites is 1. The van der Waals surface area contributed by atoms with Crippen LogP contribution in [0.5, 0.6) is 5.75 Å². The average Bonchev–Trinajstić information content (AvgIpc) is 2.95. The van der Waals surface area contributed by atoms with Gasteiger partial charge in [-0.1, -0.05) is 24.2 Å². The van der Waals surface area contributed by atoms with Crippen LogP contribution in [-0.2, 0) is 4.84 Å². The summed E-state index contributed by atoms with van der Waals surface area (Å²) in [6, 6.07) is 9.82. The van der Waals surface area contributed by atoms with Crippen LogP contribution in [0, 0.1) is 0 Å². The van der Waals surface area contributed by atoms with Gasteiger partial charge in [-0.25, -0.2) is 4.79 Å². The van der Waals surface area contributed by atoms with E-state index in [1.807, 2.05) is 6.92 Å². The molecule has 1 aromatic heterocycles. The molecule has 0 saturated carbocycles. The fraction of sp³-hybridized carbons (Fsp3) is 0.143. The van der Waals surface area contributed by atoms with Crippen molar-refractivity contribution in [3.05, 3.63) is 54.0 Å². The summed E-state index contributed by atoms with van der Waals surface area (Å²) in [5.74, 6) is -0.500. The third-order valence-electron chi connectivity index (χ3n) is 2.51. The van der Waals surface area contributed by atoms with Crippen molar-refractivity contribution in [2.24, 2.45) is 5.16 Å². The highest BCUT2D eigenvalue weighted by molar-refractivity contribution is 6.02. The van der Waals surface area contributed by atoms with Gasteiger partial charge >= 0.3 is 5.97 Å². The molecule has 5 nitrogen and oxygen atoms in total. The first-order chi connectivity index (χ1) is 9.22. The van der Waals surface area contributed by atoms with Crippen LogP contribution in [0.25, 0.3) is 0 Å². The van der Waals surface area contributed by atoms with E-state index in [4.69, 9.17) is 9.25 Å². The molecular formula is C14H13NO4. The number of oxime groups is 1. The average molecular weight is 259 g/mol. The van der Waals surface area contributed by atoms with Gasteiger partial charge in [0.1, 0.15) is 5.75 Å². The van der Waals surface area contributed by atoms with Gasteiger partial charge in [-0.05, 0) is 30.7 Å². The number of benzene rings is 1. The number of furan rings is 1. The minimum atomic E-state index is -0.675. The quantitative estimate of drug-likeness (QED) is 0.520. The molecule has 0 aliphatic carbocycles. The summed E-state index contributed by atoms with van der Waals surface area (Å²) >= 11 is 0. The molecule has 0 spiro atoms. The fourth-order valence-electron chi connectivity index (χ4n) is 1.56. The molecule has 2 aromatic rings. The Kier molecular flexibility index (Phi) is 3.97. The standard InChI is InChI=1S/C14H13NO4/c1-2-11(10-6-3-4-7-12(10)16)15-19-14(17)13-8-5-9-18-13/h3-9,16H,2H2,1H3/b15-11-. The van der Waals surface area contributed by atoms with Crippen molar-refractivity contribution in [1.82, 2.24) is 0 Å². The van der Waals surface area contributed by atoms with Crippen LogP contribution in [0.15, 0.2) is 52.2 Å². The van der Waals surface area contributed by atoms with Crippen LogP contribution in [0.4, 0.5) is 0 Å². The van der Waals surface area contributed by atoms with Crippen molar-refractivity contribution in [1.29, 1.82) is 0 Å². The van der Waals surface area contributed by atoms with Gasteiger partial charge in [0.25, 0.3) is 0 Å². The van der Waals surface area contributed by atoms with Gasteiger partial charge in [-0.15, -0.1) is 0 Å². The van der Waals surface area contributed by atoms with Crippen molar-refractivity contribution in [3.63, 3.8) is 0 Å². The van der Waals surface area contributed by atoms with Gasteiger partial charge in [-0.2, -0.15) is 0 Å². The minimum Gasteiger partial charge on any atom is -0.507 e. The zero-order valence-electron chi connectivity index (χ0n) is 10.4. The highest BCUT2D eigenvalue weighted by Crippen LogP contribution is 2.18. The first-order valence-electron chi connectivity index (χ1n) is 5.82. The number of phenolic OH excluding ortho intramolecular Hbond substituents is 1. The fourth-order valence-corrected chi connectivity index (χ4v) is 1.56. The van der Waals surface area contributed by atoms with Crippen molar-refractivity contribution >= 4 is 11.7 Å². The second kappa shape index (κ2) is 5.86. The minimum absolute atomic E-state index is 0.0801. The number of aromatic hydroxyl groups is 1. The number of nitrogens with zero attached hydrogens (tertiary/aromatic N) is 1. The molecule has 0 bridgehead atoms. The van der Waals surface area contributed by atoms with Gasteiger partial charge in [0.2, 0.25) is 5.76 Å². The van der Waals surface area contributed by atoms with Crippen LogP contribution >= 0.6 is 0 Å². The van der Waals surface area contributed by atoms with E-state index in [-0.39, 0.29) is 11.5 Å². The van der Waals surface area contributed by atoms with E-state index in [1.54, 1.807) is 30.3 Å². The second-order valence-corrected chi connectivity index (χ2v) is 3.76. The summed E-state index contributed by atoms with van der Waals surface area (Å²) in [5.41, 5.74) is 1.02. The predicted molar refractivity (Wildman–Crippen MR) is 69.1 cm³/mol. The number of hydrogen-bond acceptors (Lipinski definition) is 5. The third-order valence-corrected chi connectivity index (χ3v) is 2.51. The first-order valence-corrected chi connectivity index (χ1v) is 5.82. The van der Waals surface area contributed by atoms with Crippen LogP contribution in [-0.4, -0.2) is 16.8 Å². The second-order valence-electron chi connectivity index (χ2n) is 3.76. The Morgan fingerprint density at radius 1 is 1.32 bits per heavy atom. The van der Waals surface area contributed by atoms with Gasteiger partial charge in [0.15, 0.2) is 0 Å². The lowest BCUT2D eigenvalue weighted by Crippen LogP contribution is -2.05. The van der Waals surface area contributed by atoms with Crippen molar-refractivity contribution < 1.29 is 19.2 Å². The highest BCUT2D eigenvalue weighted by atomic mass is 16.7. The van der Waals surface area contributed by atoms with Crippen molar-refractivity contribution in [2.45, 2.75) is 13.3 Å². The van der Waals surface area contributed by atoms with Crippen LogP contribution in [0.3, 0.4) is 0 Å². The monoisotopic (exact) mass is 259 g/mol. The molecule has 0 aliphatic rings. The Morgan fingerprint density at radius 2 is 2.11 bits per heavy atom. The van der Waals surface area contributed by atoms with Gasteiger partial charge < -0.3 is 14.4 Å². The van der Waals surface area contributed by atoms with E-state index >= 15 is 0 Å². The van der Waals surface area contributed by atoms with Crippen LogP contribution in [0.1, 0.15) is 29.5 Å². The Labute approximate surface area is 110 Å². The molecule has 0 radical (unpaired) electrons. The third kappa shape index (κ3) is 3.01. The van der Waals surface area contributed by atoms with E-state index in [1.165, 1.54) is 12.3 Å². The molecule has 1 heterocycles. The van der Waals surface area contributed by atoms with Gasteiger partial charge in [0, 0.05) is 5.56 Å². The maximum Gasteiger partial charge on any atom is 0.400 e. The number of phenols is 1. The Balaban J connectivity index is 2.16. The van der Waals surface area contributed by atoms with Gasteiger partial charge in [-0.3, -0.25) is 0 Å². The summed E-state index contributed by atoms with van der Waals surface area (Å²) in [4.78, 5) is 16.3. The molecule has 0 saturated heterocycles. The summed E-state index contributed by atoms with van der Waals surface area (Å²) < 4.78 is 4.90. The van der Waals surface area contributed by atoms with E-state index in [9.17, 15) is 9.90 Å². The lowest BCUT2D eigenvalue weighted by molar-refractivity contribution is 0.0479. The smallest absolute Gasteiger partial charge is 0.400 e. The van der Waals surface area contributed by atoms with E-state index < -0.39 is 5.97 Å². The number of hydrogen-bond donors (Lipinski definition) is 1. The zero-order chi connectivity index (χ0) is 13.7. The molecule has 1 N–H and O–H groups in total. The molecule has 5 heteroatoms. The number of carbonyl (C=O) groups is 1. The molecule has 1 aromatic carbocycles. The molecule has 98 valence electrons. The molecule has 0 amide bonds. The molecule has 0 unspecified atom stereocenters. The Bertz CT molecular complexity index is 587. The van der Waals surface area contributed by atoms with Crippen LogP contribution in [0.2, 0.25) is 0 Å². The Morgan fingerprint density at radius 3 is 2.74 bits per heavy atom. The largest absolute Gasteiger partial charge is 0.507 e. The first kappa shape index (κ1) is 12.9. The van der Waals surface area contributed by atoms with E-state index in [2.05, 4.69) is 5.16 Å². The summed E-state index contributed by atoms with van der Waals surface area (Å²) in [7, 11) is 0. The van der Waals surface area contributed by atoms with Gasteiger partial charge in [0.05, 0.1) is 12.0 Å². The molecule has 0 atom stereocenters. The summed E-state index contributed by atoms with van der Waals surface area (Å²) in [5, 5.41) is 13.5. The van der Waals surface area contributed by atoms with Crippen molar-refractivity contribution in [2.75, 3.05) is 0 Å². The molecule has 0 fully saturated rings. The van der Waals surface area contributed by atoms with Crippen molar-refractivity contribution in [3.8, 4) is 5.75 Å². The van der Waals surface area contributed by atoms with Crippen LogP contribution < -0.4 is 0 Å². The lowest BCUT2D eigenvalue weighted by Gasteiger charge is -2.05. The van der Waals surface area contributed by atoms with E-state index in [0.717, 1.165) is 0 Å². The summed E-state index contributed by atoms with van der Waals surface area (Å²) in [6.45, 7) is 1.85. The number of carbonyl (C=O) groups excluding carboxylic acids is 1. The normalized spacial score (nSPS) is 11.3. The number of rotatable bonds is 4. The molecular weight excluding hydrogens is 246 g/mol. The topological polar surface area (TPSA) is 72.0 Å². The zero-order valence-corrected chi connectivity index (χ0v) is 10.4. The lowest BCUT2D eigenvalue weighted by atomic mass is 10.1.